The maximum atomic E-state index is 11.3. The van der Waals surface area contributed by atoms with Crippen LogP contribution < -0.4 is 16.9 Å². The number of guanidine groups is 1. The van der Waals surface area contributed by atoms with Crippen LogP contribution in [0.4, 0.5) is 0 Å². The van der Waals surface area contributed by atoms with Crippen LogP contribution in [0.3, 0.4) is 0 Å². The quantitative estimate of drug-likeness (QED) is 0.146. The van der Waals surface area contributed by atoms with Crippen LogP contribution in [0.1, 0.15) is 26.2 Å². The van der Waals surface area contributed by atoms with Gasteiger partial charge in [0.15, 0.2) is 0 Å². The molecule has 0 bridgehead atoms. The first kappa shape index (κ1) is 14.7. The van der Waals surface area contributed by atoms with Gasteiger partial charge in [-0.1, -0.05) is 13.3 Å². The molecule has 0 saturated carbocycles. The predicted molar refractivity (Wildman–Crippen MR) is 59.5 cm³/mol. The Balaban J connectivity index is 3.51. The van der Waals surface area contributed by atoms with Crippen molar-refractivity contribution < 1.29 is 14.4 Å². The molecule has 0 amide bonds. The Morgan fingerprint density at radius 3 is 2.75 bits per heavy atom. The number of hydrogen-bond acceptors (Lipinski definition) is 5. The zero-order valence-electron chi connectivity index (χ0n) is 9.49. The molecule has 0 radical (unpaired) electrons. The van der Waals surface area contributed by atoms with Crippen molar-refractivity contribution in [1.82, 2.24) is 5.48 Å². The van der Waals surface area contributed by atoms with Crippen LogP contribution in [0, 0.1) is 5.41 Å². The van der Waals surface area contributed by atoms with Gasteiger partial charge >= 0.3 is 5.97 Å². The van der Waals surface area contributed by atoms with Gasteiger partial charge in [-0.2, -0.15) is 0 Å². The van der Waals surface area contributed by atoms with Gasteiger partial charge in [0, 0.05) is 0 Å². The molecule has 0 aliphatic rings. The summed E-state index contributed by atoms with van der Waals surface area (Å²) >= 11 is 0. The average Bonchev–Trinajstić information content (AvgIpc) is 2.24. The number of esters is 1. The Kier molecular flexibility index (Phi) is 8.18. The zero-order valence-corrected chi connectivity index (χ0v) is 9.49. The van der Waals surface area contributed by atoms with Crippen molar-refractivity contribution >= 4 is 11.9 Å². The van der Waals surface area contributed by atoms with E-state index in [1.54, 1.807) is 0 Å². The van der Waals surface area contributed by atoms with Gasteiger partial charge in [0.1, 0.15) is 6.04 Å². The largest absolute Gasteiger partial charge is 0.465 e. The van der Waals surface area contributed by atoms with Crippen molar-refractivity contribution in [3.63, 3.8) is 0 Å². The predicted octanol–water partition coefficient (Wildman–Crippen LogP) is -0.538. The Labute approximate surface area is 94.9 Å². The van der Waals surface area contributed by atoms with E-state index in [0.717, 1.165) is 12.8 Å². The number of unbranched alkanes of at least 4 members (excludes halogenated alkanes) is 1. The Bertz CT molecular complexity index is 223. The topological polar surface area (TPSA) is 123 Å². The summed E-state index contributed by atoms with van der Waals surface area (Å²) in [5.74, 6) is -0.723. The monoisotopic (exact) mass is 232 g/mol. The molecular formula is C9H20N4O3. The number of nitrogens with one attached hydrogen (secondary N) is 2. The van der Waals surface area contributed by atoms with Crippen LogP contribution in [-0.2, 0) is 14.4 Å². The highest BCUT2D eigenvalue weighted by Gasteiger charge is 2.14. The van der Waals surface area contributed by atoms with Crippen LogP contribution in [0.25, 0.3) is 0 Å². The molecule has 0 aromatic carbocycles. The SMILES string of the molecule is CCCCOC(=O)C(N)CCONC(=N)N. The molecule has 7 nitrogen and oxygen atoms in total. The van der Waals surface area contributed by atoms with Gasteiger partial charge in [-0.05, 0) is 12.8 Å². The van der Waals surface area contributed by atoms with Crippen molar-refractivity contribution in [3.8, 4) is 0 Å². The van der Waals surface area contributed by atoms with Crippen LogP contribution in [0.5, 0.6) is 0 Å². The zero-order chi connectivity index (χ0) is 12.4. The van der Waals surface area contributed by atoms with Gasteiger partial charge in [0.25, 0.3) is 0 Å². The second-order valence-corrected chi connectivity index (χ2v) is 3.28. The van der Waals surface area contributed by atoms with Crippen LogP contribution in [-0.4, -0.2) is 31.2 Å². The number of ether oxygens (including phenoxy) is 1. The standard InChI is InChI=1S/C9H20N4O3/c1-2-3-5-15-8(14)7(10)4-6-16-13-9(11)12/h7H,2-6,10H2,1H3,(H4,11,12,13). The van der Waals surface area contributed by atoms with E-state index in [-0.39, 0.29) is 12.6 Å². The Morgan fingerprint density at radius 1 is 1.50 bits per heavy atom. The molecule has 0 heterocycles. The summed E-state index contributed by atoms with van der Waals surface area (Å²) in [6.45, 7) is 2.59. The summed E-state index contributed by atoms with van der Waals surface area (Å²) in [5, 5.41) is 6.80. The van der Waals surface area contributed by atoms with Gasteiger partial charge in [0.2, 0.25) is 5.96 Å². The third-order valence-electron chi connectivity index (χ3n) is 1.76. The lowest BCUT2D eigenvalue weighted by Gasteiger charge is -2.11. The van der Waals surface area contributed by atoms with Crippen LogP contribution in [0.2, 0.25) is 0 Å². The summed E-state index contributed by atoms with van der Waals surface area (Å²) < 4.78 is 4.92. The molecule has 0 aromatic heterocycles. The fraction of sp³-hybridized carbons (Fsp3) is 0.778. The molecule has 16 heavy (non-hydrogen) atoms. The van der Waals surface area contributed by atoms with E-state index in [1.807, 2.05) is 6.92 Å². The van der Waals surface area contributed by atoms with Gasteiger partial charge in [-0.15, -0.1) is 0 Å². The van der Waals surface area contributed by atoms with E-state index in [1.165, 1.54) is 0 Å². The molecule has 0 saturated heterocycles. The molecule has 94 valence electrons. The highest BCUT2D eigenvalue weighted by Crippen LogP contribution is 1.95. The highest BCUT2D eigenvalue weighted by molar-refractivity contribution is 5.75. The average molecular weight is 232 g/mol. The summed E-state index contributed by atoms with van der Waals surface area (Å²) in [6.07, 6.45) is 2.11. The molecule has 7 heteroatoms. The van der Waals surface area contributed by atoms with E-state index < -0.39 is 12.0 Å². The molecule has 0 aliphatic carbocycles. The van der Waals surface area contributed by atoms with Crippen molar-refractivity contribution in [1.29, 1.82) is 5.41 Å². The van der Waals surface area contributed by atoms with Crippen LogP contribution in [0.15, 0.2) is 0 Å². The Morgan fingerprint density at radius 2 is 2.19 bits per heavy atom. The van der Waals surface area contributed by atoms with E-state index in [2.05, 4.69) is 5.48 Å². The first-order chi connectivity index (χ1) is 7.57. The maximum absolute atomic E-state index is 11.3. The minimum Gasteiger partial charge on any atom is -0.465 e. The molecular weight excluding hydrogens is 212 g/mol. The van der Waals surface area contributed by atoms with E-state index >= 15 is 0 Å². The molecule has 0 aliphatic heterocycles. The normalized spacial score (nSPS) is 11.9. The number of nitrogens with two attached hydrogens (primary N) is 2. The van der Waals surface area contributed by atoms with E-state index in [9.17, 15) is 4.79 Å². The second-order valence-electron chi connectivity index (χ2n) is 3.28. The third kappa shape index (κ3) is 8.01. The summed E-state index contributed by atoms with van der Waals surface area (Å²) in [7, 11) is 0. The van der Waals surface area contributed by atoms with Crippen molar-refractivity contribution in [2.75, 3.05) is 13.2 Å². The maximum Gasteiger partial charge on any atom is 0.322 e. The molecule has 0 rings (SSSR count). The Hall–Kier alpha value is -1.34. The van der Waals surface area contributed by atoms with Gasteiger partial charge in [0.05, 0.1) is 13.2 Å². The highest BCUT2D eigenvalue weighted by atomic mass is 16.6. The number of rotatable bonds is 8. The molecule has 0 spiro atoms. The number of carbonyl (C=O) groups excluding carboxylic acids is 1. The minimum absolute atomic E-state index is 0.184. The molecule has 0 aromatic rings. The number of carbonyl (C=O) groups is 1. The fourth-order valence-corrected chi connectivity index (χ4v) is 0.857. The fourth-order valence-electron chi connectivity index (χ4n) is 0.857. The summed E-state index contributed by atoms with van der Waals surface area (Å²) in [6, 6.07) is -0.703. The summed E-state index contributed by atoms with van der Waals surface area (Å²) in [4.78, 5) is 16.0. The molecule has 1 unspecified atom stereocenters. The smallest absolute Gasteiger partial charge is 0.322 e. The first-order valence-electron chi connectivity index (χ1n) is 5.22. The van der Waals surface area contributed by atoms with Crippen LogP contribution >= 0.6 is 0 Å². The third-order valence-corrected chi connectivity index (χ3v) is 1.76. The van der Waals surface area contributed by atoms with Gasteiger partial charge < -0.3 is 16.2 Å². The summed E-state index contributed by atoms with van der Waals surface area (Å²) in [5.41, 5.74) is 12.7. The van der Waals surface area contributed by atoms with E-state index in [0.29, 0.717) is 13.0 Å². The number of hydrogen-bond donors (Lipinski definition) is 4. The molecule has 0 fully saturated rings. The lowest BCUT2D eigenvalue weighted by molar-refractivity contribution is -0.145. The minimum atomic E-state index is -0.703. The lowest BCUT2D eigenvalue weighted by Crippen LogP contribution is -2.36. The second kappa shape index (κ2) is 8.93. The van der Waals surface area contributed by atoms with Gasteiger partial charge in [-0.25, -0.2) is 5.48 Å². The first-order valence-corrected chi connectivity index (χ1v) is 5.22. The van der Waals surface area contributed by atoms with Gasteiger partial charge in [-0.3, -0.25) is 15.0 Å². The van der Waals surface area contributed by atoms with Crippen molar-refractivity contribution in [3.05, 3.63) is 0 Å². The van der Waals surface area contributed by atoms with Crippen molar-refractivity contribution in [2.45, 2.75) is 32.2 Å². The molecule has 6 N–H and O–H groups in total. The van der Waals surface area contributed by atoms with E-state index in [4.69, 9.17) is 26.5 Å². The van der Waals surface area contributed by atoms with Crippen molar-refractivity contribution in [2.24, 2.45) is 11.5 Å². The lowest BCUT2D eigenvalue weighted by atomic mass is 10.2. The number of hydroxylamine groups is 1. The molecule has 1 atom stereocenters.